The first-order valence-corrected chi connectivity index (χ1v) is 45.3. The Hall–Kier alpha value is -0.990. The van der Waals surface area contributed by atoms with Gasteiger partial charge in [0, 0.05) is 12.8 Å². The number of carbonyl (C=O) groups is 2. The quantitative estimate of drug-likeness (QED) is 0.0278. The van der Waals surface area contributed by atoms with Crippen LogP contribution in [0.3, 0.4) is 0 Å². The number of rotatable bonds is 84. The molecule has 0 aromatic carbocycles. The zero-order valence-electron chi connectivity index (χ0n) is 65.9. The summed E-state index contributed by atoms with van der Waals surface area (Å²) < 4.78 is 34.9. The Morgan fingerprint density at radius 3 is 0.667 bits per heavy atom. The van der Waals surface area contributed by atoms with Gasteiger partial charge in [-0.3, -0.25) is 18.6 Å². The zero-order chi connectivity index (χ0) is 69.7. The maximum absolute atomic E-state index is 12.9. The van der Waals surface area contributed by atoms with E-state index in [1.165, 1.54) is 424 Å². The minimum atomic E-state index is -4.39. The summed E-state index contributed by atoms with van der Waals surface area (Å²) in [6.45, 7) is 4.55. The van der Waals surface area contributed by atoms with E-state index in [1.54, 1.807) is 0 Å². The third kappa shape index (κ3) is 82.0. The van der Waals surface area contributed by atoms with Gasteiger partial charge in [0.2, 0.25) is 0 Å². The molecule has 96 heavy (non-hydrogen) atoms. The van der Waals surface area contributed by atoms with Crippen LogP contribution in [0.5, 0.6) is 0 Å². The smallest absolute Gasteiger partial charge is 0.462 e. The van der Waals surface area contributed by atoms with Gasteiger partial charge in [0.05, 0.1) is 27.7 Å². The lowest BCUT2D eigenvalue weighted by atomic mass is 10.0. The molecule has 0 fully saturated rings. The largest absolute Gasteiger partial charge is 0.472 e. The second-order valence-corrected chi connectivity index (χ2v) is 33.1. The molecule has 0 amide bonds. The molecule has 0 aromatic rings. The summed E-state index contributed by atoms with van der Waals surface area (Å²) in [5.41, 5.74) is 0. The third-order valence-corrected chi connectivity index (χ3v) is 21.6. The number of quaternary nitrogens is 1. The predicted molar refractivity (Wildman–Crippen MR) is 418 cm³/mol. The maximum atomic E-state index is 12.9. The maximum Gasteiger partial charge on any atom is 0.472 e. The van der Waals surface area contributed by atoms with Crippen molar-refractivity contribution in [1.29, 1.82) is 0 Å². The number of hydrogen-bond acceptors (Lipinski definition) is 7. The molecular weight excluding hydrogens is 1210 g/mol. The standard InChI is InChI=1S/C86H172NO8P/c1-6-8-10-12-14-16-18-20-22-24-26-28-30-32-34-36-38-40-41-42-43-44-45-47-49-51-53-55-57-59-61-63-65-67-69-71-73-75-77-79-86(89)95-84(83-94-96(90,91)93-81-80-87(3,4)5)82-92-85(88)78-76-74-72-70-68-66-64-62-60-58-56-54-52-50-48-46-39-37-35-33-31-29-27-25-23-21-19-17-15-13-11-9-7-2/h84H,6-83H2,1-5H3/p+1. The van der Waals surface area contributed by atoms with E-state index in [-0.39, 0.29) is 25.6 Å². The molecule has 574 valence electrons. The summed E-state index contributed by atoms with van der Waals surface area (Å²) in [5.74, 6) is -0.762. The van der Waals surface area contributed by atoms with E-state index in [9.17, 15) is 19.0 Å². The van der Waals surface area contributed by atoms with Crippen LogP contribution in [-0.2, 0) is 32.7 Å². The Labute approximate surface area is 601 Å². The van der Waals surface area contributed by atoms with Crippen molar-refractivity contribution >= 4 is 19.8 Å². The molecule has 0 saturated carbocycles. The fraction of sp³-hybridized carbons (Fsp3) is 0.977. The normalized spacial score (nSPS) is 12.9. The number of phosphoric acid groups is 1. The lowest BCUT2D eigenvalue weighted by molar-refractivity contribution is -0.870. The molecule has 0 bridgehead atoms. The van der Waals surface area contributed by atoms with E-state index in [0.29, 0.717) is 17.4 Å². The highest BCUT2D eigenvalue weighted by Gasteiger charge is 2.27. The third-order valence-electron chi connectivity index (χ3n) is 20.6. The lowest BCUT2D eigenvalue weighted by Crippen LogP contribution is -2.37. The SMILES string of the molecule is CCCCCCCCCCCCCCCCCCCCCCCCCCCCCCCCCCCCCCCCCC(=O)OC(COC(=O)CCCCCCCCCCCCCCCCCCCCCCCCCCCCCCCCCCC)COP(=O)(O)OCC[N+](C)(C)C. The molecule has 9 nitrogen and oxygen atoms in total. The van der Waals surface area contributed by atoms with Gasteiger partial charge in [0.25, 0.3) is 0 Å². The second-order valence-electron chi connectivity index (χ2n) is 31.7. The van der Waals surface area contributed by atoms with E-state index >= 15 is 0 Å². The first kappa shape index (κ1) is 95.0. The molecule has 0 heterocycles. The first-order valence-electron chi connectivity index (χ1n) is 43.8. The molecule has 0 aliphatic heterocycles. The summed E-state index contributed by atoms with van der Waals surface area (Å²) in [6, 6.07) is 0. The van der Waals surface area contributed by atoms with Gasteiger partial charge in [-0.2, -0.15) is 0 Å². The molecule has 2 atom stereocenters. The van der Waals surface area contributed by atoms with E-state index < -0.39 is 26.5 Å². The number of ether oxygens (including phenoxy) is 2. The van der Waals surface area contributed by atoms with Crippen molar-refractivity contribution in [3.05, 3.63) is 0 Å². The van der Waals surface area contributed by atoms with E-state index in [0.717, 1.165) is 38.5 Å². The number of nitrogens with zero attached hydrogens (tertiary/aromatic N) is 1. The van der Waals surface area contributed by atoms with Crippen LogP contribution in [0.4, 0.5) is 0 Å². The van der Waals surface area contributed by atoms with Crippen molar-refractivity contribution in [3.63, 3.8) is 0 Å². The number of unbranched alkanes of at least 4 members (excludes halogenated alkanes) is 70. The topological polar surface area (TPSA) is 108 Å². The lowest BCUT2D eigenvalue weighted by Gasteiger charge is -2.24. The fourth-order valence-electron chi connectivity index (χ4n) is 14.0. The molecule has 0 aliphatic rings. The minimum absolute atomic E-state index is 0.0379. The fourth-order valence-corrected chi connectivity index (χ4v) is 14.7. The Balaban J connectivity index is 3.83. The van der Waals surface area contributed by atoms with Gasteiger partial charge in [-0.05, 0) is 12.8 Å². The Bertz CT molecular complexity index is 1570. The van der Waals surface area contributed by atoms with Crippen molar-refractivity contribution in [3.8, 4) is 0 Å². The van der Waals surface area contributed by atoms with Gasteiger partial charge in [-0.1, -0.05) is 463 Å². The van der Waals surface area contributed by atoms with E-state index in [2.05, 4.69) is 13.8 Å². The van der Waals surface area contributed by atoms with Crippen molar-refractivity contribution in [2.45, 2.75) is 495 Å². The number of phosphoric ester groups is 1. The van der Waals surface area contributed by atoms with Crippen molar-refractivity contribution < 1.29 is 42.1 Å². The molecule has 0 aromatic heterocycles. The van der Waals surface area contributed by atoms with E-state index in [4.69, 9.17) is 18.5 Å². The molecule has 1 N–H and O–H groups in total. The molecule has 0 saturated heterocycles. The highest BCUT2D eigenvalue weighted by molar-refractivity contribution is 7.47. The predicted octanol–water partition coefficient (Wildman–Crippen LogP) is 29.2. The van der Waals surface area contributed by atoms with Crippen molar-refractivity contribution in [2.75, 3.05) is 47.5 Å². The summed E-state index contributed by atoms with van der Waals surface area (Å²) in [4.78, 5) is 36.0. The van der Waals surface area contributed by atoms with Crippen LogP contribution in [0.15, 0.2) is 0 Å². The second kappa shape index (κ2) is 78.2. The molecular formula is C86H173NO8P+. The molecule has 10 heteroatoms. The summed E-state index contributed by atoms with van der Waals surface area (Å²) in [5, 5.41) is 0. The average Bonchev–Trinajstić information content (AvgIpc) is 1.98. The average molecular weight is 1380 g/mol. The number of carbonyl (C=O) groups excluding carboxylic acids is 2. The minimum Gasteiger partial charge on any atom is -0.462 e. The summed E-state index contributed by atoms with van der Waals surface area (Å²) in [7, 11) is 1.51. The molecule has 0 rings (SSSR count). The van der Waals surface area contributed by atoms with Crippen molar-refractivity contribution in [1.82, 2.24) is 0 Å². The van der Waals surface area contributed by atoms with Crippen LogP contribution in [0.25, 0.3) is 0 Å². The first-order chi connectivity index (χ1) is 47.0. The van der Waals surface area contributed by atoms with Crippen LogP contribution < -0.4 is 0 Å². The van der Waals surface area contributed by atoms with Gasteiger partial charge >= 0.3 is 19.8 Å². The summed E-state index contributed by atoms with van der Waals surface area (Å²) >= 11 is 0. The molecule has 0 radical (unpaired) electrons. The van der Waals surface area contributed by atoms with Crippen LogP contribution in [-0.4, -0.2) is 74.9 Å². The van der Waals surface area contributed by atoms with Crippen LogP contribution in [0, 0.1) is 0 Å². The van der Waals surface area contributed by atoms with Gasteiger partial charge < -0.3 is 18.9 Å². The van der Waals surface area contributed by atoms with Crippen LogP contribution >= 0.6 is 7.82 Å². The monoisotopic (exact) mass is 1380 g/mol. The van der Waals surface area contributed by atoms with Gasteiger partial charge in [0.1, 0.15) is 19.8 Å². The zero-order valence-corrected chi connectivity index (χ0v) is 66.8. The van der Waals surface area contributed by atoms with Crippen molar-refractivity contribution in [2.24, 2.45) is 0 Å². The number of esters is 2. The Kier molecular flexibility index (Phi) is 77.3. The molecule has 0 aliphatic carbocycles. The van der Waals surface area contributed by atoms with Gasteiger partial charge in [-0.25, -0.2) is 4.57 Å². The molecule has 2 unspecified atom stereocenters. The highest BCUT2D eigenvalue weighted by atomic mass is 31.2. The van der Waals surface area contributed by atoms with Gasteiger partial charge in [0.15, 0.2) is 6.10 Å². The van der Waals surface area contributed by atoms with Gasteiger partial charge in [-0.15, -0.1) is 0 Å². The number of hydrogen-bond donors (Lipinski definition) is 1. The van der Waals surface area contributed by atoms with Crippen LogP contribution in [0.2, 0.25) is 0 Å². The van der Waals surface area contributed by atoms with E-state index in [1.807, 2.05) is 21.1 Å². The number of likely N-dealkylation sites (N-methyl/N-ethyl adjacent to an activating group) is 1. The highest BCUT2D eigenvalue weighted by Crippen LogP contribution is 2.43. The summed E-state index contributed by atoms with van der Waals surface area (Å²) in [6.07, 6.45) is 98.7. The Morgan fingerprint density at radius 1 is 0.281 bits per heavy atom. The van der Waals surface area contributed by atoms with Crippen LogP contribution in [0.1, 0.15) is 489 Å². The Morgan fingerprint density at radius 2 is 0.469 bits per heavy atom. The molecule has 0 spiro atoms.